The molecule has 6 nitrogen and oxygen atoms in total. The molecule has 0 radical (unpaired) electrons. The number of imidazole rings is 1. The van der Waals surface area contributed by atoms with Crippen LogP contribution in [0.5, 0.6) is 5.75 Å². The largest absolute Gasteiger partial charge is 0.496 e. The van der Waals surface area contributed by atoms with E-state index in [4.69, 9.17) is 9.72 Å². The zero-order valence-corrected chi connectivity index (χ0v) is 16.4. The zero-order valence-electron chi connectivity index (χ0n) is 16.4. The third-order valence-corrected chi connectivity index (χ3v) is 5.41. The third kappa shape index (κ3) is 3.30. The first-order valence-corrected chi connectivity index (χ1v) is 9.86. The molecule has 3 aromatic rings. The summed E-state index contributed by atoms with van der Waals surface area (Å²) in [6.45, 7) is 4.11. The van der Waals surface area contributed by atoms with E-state index in [-0.39, 0.29) is 6.03 Å². The van der Waals surface area contributed by atoms with Crippen LogP contribution in [0.4, 0.5) is 4.79 Å². The Hall–Kier alpha value is -3.02. The number of hydrogen-bond acceptors (Lipinski definition) is 3. The number of piperidine rings is 1. The number of urea groups is 1. The lowest BCUT2D eigenvalue weighted by Gasteiger charge is -2.31. The fourth-order valence-electron chi connectivity index (χ4n) is 3.99. The molecule has 1 aliphatic rings. The summed E-state index contributed by atoms with van der Waals surface area (Å²) in [5.41, 5.74) is 3.02. The topological polar surface area (TPSA) is 58.9 Å². The molecule has 1 aromatic carbocycles. The van der Waals surface area contributed by atoms with E-state index >= 15 is 0 Å². The van der Waals surface area contributed by atoms with E-state index in [2.05, 4.69) is 28.0 Å². The highest BCUT2D eigenvalue weighted by atomic mass is 16.5. The molecular formula is C22H26N4O2. The molecule has 0 saturated carbocycles. The Balaban J connectivity index is 1.67. The van der Waals surface area contributed by atoms with Crippen molar-refractivity contribution in [1.82, 2.24) is 19.6 Å². The quantitative estimate of drug-likeness (QED) is 0.749. The van der Waals surface area contributed by atoms with Crippen LogP contribution in [0.25, 0.3) is 16.8 Å². The van der Waals surface area contributed by atoms with Gasteiger partial charge < -0.3 is 19.4 Å². The Kier molecular flexibility index (Phi) is 5.19. The van der Waals surface area contributed by atoms with Gasteiger partial charge in [-0.25, -0.2) is 9.78 Å². The Morgan fingerprint density at radius 3 is 2.68 bits per heavy atom. The van der Waals surface area contributed by atoms with Crippen LogP contribution < -0.4 is 10.1 Å². The van der Waals surface area contributed by atoms with Crippen LogP contribution in [0.2, 0.25) is 0 Å². The first kappa shape index (κ1) is 18.3. The van der Waals surface area contributed by atoms with Crippen LogP contribution >= 0.6 is 0 Å². The minimum absolute atomic E-state index is 0.0311. The molecule has 1 aliphatic heterocycles. The summed E-state index contributed by atoms with van der Waals surface area (Å²) in [7, 11) is 1.69. The van der Waals surface area contributed by atoms with Gasteiger partial charge in [0.15, 0.2) is 0 Å². The molecule has 0 atom stereocenters. The number of pyridine rings is 1. The Bertz CT molecular complexity index is 974. The molecule has 3 heterocycles. The van der Waals surface area contributed by atoms with Crippen LogP contribution in [0.1, 0.15) is 31.5 Å². The minimum Gasteiger partial charge on any atom is -0.496 e. The van der Waals surface area contributed by atoms with Crippen molar-refractivity contribution in [2.45, 2.75) is 25.7 Å². The summed E-state index contributed by atoms with van der Waals surface area (Å²) >= 11 is 0. The van der Waals surface area contributed by atoms with Gasteiger partial charge in [0, 0.05) is 37.3 Å². The number of carbonyl (C=O) groups is 1. The summed E-state index contributed by atoms with van der Waals surface area (Å²) < 4.78 is 7.76. The van der Waals surface area contributed by atoms with Gasteiger partial charge in [-0.05, 0) is 44.0 Å². The number of likely N-dealkylation sites (tertiary alicyclic amines) is 1. The maximum atomic E-state index is 12.1. The van der Waals surface area contributed by atoms with Crippen LogP contribution in [0, 0.1) is 0 Å². The predicted molar refractivity (Wildman–Crippen MR) is 110 cm³/mol. The number of hydrogen-bond donors (Lipinski definition) is 1. The highest BCUT2D eigenvalue weighted by molar-refractivity contribution is 5.81. The maximum absolute atomic E-state index is 12.1. The summed E-state index contributed by atoms with van der Waals surface area (Å²) in [4.78, 5) is 19.1. The molecule has 1 N–H and O–H groups in total. The van der Waals surface area contributed by atoms with E-state index in [9.17, 15) is 4.79 Å². The number of para-hydroxylation sites is 1. The molecule has 2 amide bonds. The van der Waals surface area contributed by atoms with Gasteiger partial charge in [0.05, 0.1) is 12.6 Å². The van der Waals surface area contributed by atoms with Gasteiger partial charge in [-0.2, -0.15) is 0 Å². The lowest BCUT2D eigenvalue weighted by Crippen LogP contribution is -2.44. The number of rotatable bonds is 4. The van der Waals surface area contributed by atoms with Crippen molar-refractivity contribution in [2.75, 3.05) is 26.7 Å². The van der Waals surface area contributed by atoms with Gasteiger partial charge in [0.1, 0.15) is 17.3 Å². The Morgan fingerprint density at radius 1 is 1.18 bits per heavy atom. The number of benzene rings is 1. The summed E-state index contributed by atoms with van der Waals surface area (Å²) in [6, 6.07) is 14.2. The number of nitrogens with zero attached hydrogens (tertiary/aromatic N) is 3. The number of nitrogens with one attached hydrogen (secondary N) is 1. The van der Waals surface area contributed by atoms with Gasteiger partial charge in [-0.1, -0.05) is 18.2 Å². The van der Waals surface area contributed by atoms with Gasteiger partial charge in [0.25, 0.3) is 0 Å². The Morgan fingerprint density at radius 2 is 1.93 bits per heavy atom. The average Bonchev–Trinajstić information content (AvgIpc) is 3.13. The molecule has 0 unspecified atom stereocenters. The molecule has 146 valence electrons. The van der Waals surface area contributed by atoms with Gasteiger partial charge in [-0.3, -0.25) is 0 Å². The number of carbonyl (C=O) groups excluding carboxylic acids is 1. The van der Waals surface area contributed by atoms with Crippen molar-refractivity contribution in [3.05, 3.63) is 54.5 Å². The highest BCUT2D eigenvalue weighted by Crippen LogP contribution is 2.36. The molecule has 4 rings (SSSR count). The predicted octanol–water partition coefficient (Wildman–Crippen LogP) is 3.92. The van der Waals surface area contributed by atoms with E-state index in [1.807, 2.05) is 42.2 Å². The molecule has 0 aliphatic carbocycles. The van der Waals surface area contributed by atoms with E-state index in [0.29, 0.717) is 12.5 Å². The normalized spacial score (nSPS) is 15.0. The smallest absolute Gasteiger partial charge is 0.317 e. The summed E-state index contributed by atoms with van der Waals surface area (Å²) in [5, 5.41) is 2.89. The number of amides is 2. The van der Waals surface area contributed by atoms with Crippen molar-refractivity contribution >= 4 is 11.5 Å². The average molecular weight is 378 g/mol. The Labute approximate surface area is 165 Å². The summed E-state index contributed by atoms with van der Waals surface area (Å²) in [5.74, 6) is 2.21. The first-order chi connectivity index (χ1) is 13.7. The van der Waals surface area contributed by atoms with Crippen molar-refractivity contribution < 1.29 is 9.53 Å². The van der Waals surface area contributed by atoms with Crippen molar-refractivity contribution in [1.29, 1.82) is 0 Å². The lowest BCUT2D eigenvalue weighted by atomic mass is 9.96. The SMILES string of the molecule is CCNC(=O)N1CCC(c2nc(-c3ccccc3OC)c3ccccn23)CC1. The van der Waals surface area contributed by atoms with E-state index in [1.54, 1.807) is 7.11 Å². The molecular weight excluding hydrogens is 352 g/mol. The molecule has 0 bridgehead atoms. The summed E-state index contributed by atoms with van der Waals surface area (Å²) in [6.07, 6.45) is 3.90. The fraction of sp³-hybridized carbons (Fsp3) is 0.364. The highest BCUT2D eigenvalue weighted by Gasteiger charge is 2.27. The molecule has 1 saturated heterocycles. The van der Waals surface area contributed by atoms with Crippen molar-refractivity contribution in [3.63, 3.8) is 0 Å². The second kappa shape index (κ2) is 7.92. The van der Waals surface area contributed by atoms with E-state index in [1.165, 1.54) is 0 Å². The van der Waals surface area contributed by atoms with Crippen molar-refractivity contribution in [3.8, 4) is 17.0 Å². The van der Waals surface area contributed by atoms with Crippen LogP contribution in [-0.4, -0.2) is 47.1 Å². The van der Waals surface area contributed by atoms with Crippen LogP contribution in [0.3, 0.4) is 0 Å². The van der Waals surface area contributed by atoms with Crippen molar-refractivity contribution in [2.24, 2.45) is 0 Å². The molecule has 0 spiro atoms. The zero-order chi connectivity index (χ0) is 19.5. The van der Waals surface area contributed by atoms with Gasteiger partial charge in [-0.15, -0.1) is 0 Å². The standard InChI is InChI=1S/C22H26N4O2/c1-3-23-22(27)25-14-11-16(12-15-25)21-24-20(18-9-6-7-13-26(18)21)17-8-4-5-10-19(17)28-2/h4-10,13,16H,3,11-12,14-15H2,1-2H3,(H,23,27). The first-order valence-electron chi connectivity index (χ1n) is 9.86. The monoisotopic (exact) mass is 378 g/mol. The molecule has 2 aromatic heterocycles. The maximum Gasteiger partial charge on any atom is 0.317 e. The van der Waals surface area contributed by atoms with Crippen LogP contribution in [0.15, 0.2) is 48.7 Å². The second-order valence-corrected chi connectivity index (χ2v) is 7.07. The number of aromatic nitrogens is 2. The van der Waals surface area contributed by atoms with E-state index in [0.717, 1.165) is 54.3 Å². The van der Waals surface area contributed by atoms with Gasteiger partial charge in [0.2, 0.25) is 0 Å². The van der Waals surface area contributed by atoms with E-state index < -0.39 is 0 Å². The lowest BCUT2D eigenvalue weighted by molar-refractivity contribution is 0.181. The minimum atomic E-state index is 0.0311. The molecule has 28 heavy (non-hydrogen) atoms. The van der Waals surface area contributed by atoms with Crippen LogP contribution in [-0.2, 0) is 0 Å². The number of ether oxygens (including phenoxy) is 1. The second-order valence-electron chi connectivity index (χ2n) is 7.07. The third-order valence-electron chi connectivity index (χ3n) is 5.41. The number of fused-ring (bicyclic) bond motifs is 1. The molecule has 6 heteroatoms. The fourth-order valence-corrected chi connectivity index (χ4v) is 3.99. The molecule has 1 fully saturated rings. The van der Waals surface area contributed by atoms with Gasteiger partial charge >= 0.3 is 6.03 Å². The number of methoxy groups -OCH3 is 1.